The van der Waals surface area contributed by atoms with E-state index in [2.05, 4.69) is 14.8 Å². The minimum Gasteiger partial charge on any atom is -0.388 e. The van der Waals surface area contributed by atoms with Crippen LogP contribution in [-0.4, -0.2) is 41.4 Å². The summed E-state index contributed by atoms with van der Waals surface area (Å²) in [6.07, 6.45) is -9.38. The Bertz CT molecular complexity index is 925. The van der Waals surface area contributed by atoms with Crippen molar-refractivity contribution in [3.8, 4) is 11.5 Å². The van der Waals surface area contributed by atoms with Crippen LogP contribution in [0.15, 0.2) is 21.3 Å². The van der Waals surface area contributed by atoms with E-state index in [1.807, 2.05) is 10.4 Å². The lowest BCUT2D eigenvalue weighted by Crippen LogP contribution is -2.53. The Morgan fingerprint density at radius 2 is 1.83 bits per heavy atom. The molecule has 3 rings (SSSR count). The summed E-state index contributed by atoms with van der Waals surface area (Å²) >= 11 is 0. The molecule has 0 unspecified atom stereocenters. The van der Waals surface area contributed by atoms with Crippen LogP contribution in [0, 0.1) is 5.82 Å². The predicted octanol–water partition coefficient (Wildman–Crippen LogP) is 3.75. The Kier molecular flexibility index (Phi) is 7.07. The summed E-state index contributed by atoms with van der Waals surface area (Å²) in [4.78, 5) is 11.0. The summed E-state index contributed by atoms with van der Waals surface area (Å²) in [5.41, 5.74) is -5.93. The van der Waals surface area contributed by atoms with Crippen LogP contribution >= 0.6 is 12.4 Å². The number of aromatic nitrogens is 2. The molecule has 2 heterocycles. The maximum absolute atomic E-state index is 15.1. The molecule has 168 valence electrons. The first-order valence-electron chi connectivity index (χ1n) is 8.42. The highest BCUT2D eigenvalue weighted by molar-refractivity contribution is 5.85. The normalized spacial score (nSPS) is 17.5. The van der Waals surface area contributed by atoms with Gasteiger partial charge in [-0.25, -0.2) is 27.5 Å². The van der Waals surface area contributed by atoms with Gasteiger partial charge in [0.15, 0.2) is 0 Å². The molecule has 0 aliphatic carbocycles. The second-order valence-corrected chi connectivity index (χ2v) is 6.54. The van der Waals surface area contributed by atoms with Gasteiger partial charge in [-0.2, -0.15) is 13.2 Å². The standard InChI is InChI=1S/C16H15F7N4O2.ClH/c17-8-5-7(13-26-27-14(28)29-13)6-9(10(8)16(21,22)23)25-11(12(18)19)15(20)1-3-24-4-2-15;/h5-6,11-12,24-25H,1-4H2,(H,27,28);1H/t11-;/m0./s1. The maximum Gasteiger partial charge on any atom is 0.434 e. The van der Waals surface area contributed by atoms with E-state index in [0.29, 0.717) is 12.1 Å². The molecule has 1 aromatic heterocycles. The molecule has 3 N–H and O–H groups in total. The molecule has 0 radical (unpaired) electrons. The smallest absolute Gasteiger partial charge is 0.388 e. The number of nitrogens with zero attached hydrogens (tertiary/aromatic N) is 1. The van der Waals surface area contributed by atoms with E-state index in [1.54, 1.807) is 0 Å². The van der Waals surface area contributed by atoms with E-state index >= 15 is 4.39 Å². The van der Waals surface area contributed by atoms with Crippen molar-refractivity contribution in [2.45, 2.75) is 37.2 Å². The number of piperidine rings is 1. The van der Waals surface area contributed by atoms with E-state index in [-0.39, 0.29) is 38.3 Å². The molecule has 0 spiro atoms. The topological polar surface area (TPSA) is 83.0 Å². The Hall–Kier alpha value is -2.28. The van der Waals surface area contributed by atoms with Crippen molar-refractivity contribution in [2.75, 3.05) is 18.4 Å². The fraction of sp³-hybridized carbons (Fsp3) is 0.500. The highest BCUT2D eigenvalue weighted by Crippen LogP contribution is 2.41. The summed E-state index contributed by atoms with van der Waals surface area (Å²) in [7, 11) is 0. The van der Waals surface area contributed by atoms with Crippen LogP contribution in [0.4, 0.5) is 36.4 Å². The zero-order valence-electron chi connectivity index (χ0n) is 15.0. The minimum absolute atomic E-state index is 0. The van der Waals surface area contributed by atoms with Crippen LogP contribution in [0.5, 0.6) is 0 Å². The van der Waals surface area contributed by atoms with Gasteiger partial charge in [0.25, 0.3) is 6.43 Å². The molecule has 0 saturated carbocycles. The molecular weight excluding hydrogens is 449 g/mol. The lowest BCUT2D eigenvalue weighted by molar-refractivity contribution is -0.139. The van der Waals surface area contributed by atoms with E-state index in [9.17, 15) is 31.1 Å². The number of aromatic amines is 1. The third-order valence-electron chi connectivity index (χ3n) is 4.61. The molecule has 14 heteroatoms. The highest BCUT2D eigenvalue weighted by atomic mass is 35.5. The second kappa shape index (κ2) is 8.84. The molecule has 1 aliphatic rings. The SMILES string of the molecule is Cl.O=c1[nH]nc(-c2cc(F)c(C(F)(F)F)c(N[C@@H](C(F)F)C3(F)CCNCC3)c2)o1. The summed E-state index contributed by atoms with van der Waals surface area (Å²) in [5, 5.41) is 9.83. The van der Waals surface area contributed by atoms with Crippen molar-refractivity contribution < 1.29 is 35.2 Å². The van der Waals surface area contributed by atoms with Gasteiger partial charge in [0.2, 0.25) is 5.89 Å². The highest BCUT2D eigenvalue weighted by Gasteiger charge is 2.47. The van der Waals surface area contributed by atoms with Gasteiger partial charge >= 0.3 is 11.9 Å². The maximum atomic E-state index is 15.1. The van der Waals surface area contributed by atoms with Gasteiger partial charge < -0.3 is 15.1 Å². The number of rotatable bonds is 5. The van der Waals surface area contributed by atoms with E-state index < -0.39 is 58.6 Å². The summed E-state index contributed by atoms with van der Waals surface area (Å²) < 4.78 is 101. The Labute approximate surface area is 170 Å². The quantitative estimate of drug-likeness (QED) is 0.587. The number of nitrogens with one attached hydrogen (secondary N) is 3. The summed E-state index contributed by atoms with van der Waals surface area (Å²) in [6, 6.07) is -1.31. The molecule has 6 nitrogen and oxygen atoms in total. The van der Waals surface area contributed by atoms with Crippen molar-refractivity contribution in [3.05, 3.63) is 34.1 Å². The molecule has 30 heavy (non-hydrogen) atoms. The second-order valence-electron chi connectivity index (χ2n) is 6.54. The predicted molar refractivity (Wildman–Crippen MR) is 94.1 cm³/mol. The molecule has 1 aromatic carbocycles. The van der Waals surface area contributed by atoms with Crippen molar-refractivity contribution >= 4 is 18.1 Å². The van der Waals surface area contributed by atoms with Crippen molar-refractivity contribution in [1.82, 2.24) is 15.5 Å². The summed E-state index contributed by atoms with van der Waals surface area (Å²) in [6.45, 7) is 0.112. The van der Waals surface area contributed by atoms with Crippen LogP contribution in [0.3, 0.4) is 0 Å². The Morgan fingerprint density at radius 1 is 1.20 bits per heavy atom. The van der Waals surface area contributed by atoms with Gasteiger partial charge in [-0.15, -0.1) is 17.5 Å². The van der Waals surface area contributed by atoms with Gasteiger partial charge in [-0.3, -0.25) is 0 Å². The van der Waals surface area contributed by atoms with Crippen molar-refractivity contribution in [3.63, 3.8) is 0 Å². The zero-order valence-corrected chi connectivity index (χ0v) is 15.8. The first-order chi connectivity index (χ1) is 13.5. The average molecular weight is 465 g/mol. The third kappa shape index (κ3) is 4.89. The molecule has 0 amide bonds. The van der Waals surface area contributed by atoms with Crippen LogP contribution in [0.1, 0.15) is 18.4 Å². The third-order valence-corrected chi connectivity index (χ3v) is 4.61. The first kappa shape index (κ1) is 24.0. The Balaban J connectivity index is 0.00000320. The fourth-order valence-corrected chi connectivity index (χ4v) is 3.22. The van der Waals surface area contributed by atoms with E-state index in [0.717, 1.165) is 0 Å². The van der Waals surface area contributed by atoms with Gasteiger partial charge in [0.1, 0.15) is 23.1 Å². The lowest BCUT2D eigenvalue weighted by atomic mass is 9.86. The number of benzene rings is 1. The average Bonchev–Trinajstić information content (AvgIpc) is 3.04. The molecule has 1 atom stereocenters. The van der Waals surface area contributed by atoms with Gasteiger partial charge in [0, 0.05) is 5.56 Å². The number of anilines is 1. The molecular formula is C16H16ClF7N4O2. The number of alkyl halides is 6. The van der Waals surface area contributed by atoms with Gasteiger partial charge in [-0.1, -0.05) is 0 Å². The molecule has 0 bridgehead atoms. The molecule has 1 aliphatic heterocycles. The zero-order chi connectivity index (χ0) is 21.4. The van der Waals surface area contributed by atoms with Crippen LogP contribution in [-0.2, 0) is 6.18 Å². The number of halogens is 8. The number of H-pyrrole nitrogens is 1. The fourth-order valence-electron chi connectivity index (χ4n) is 3.22. The van der Waals surface area contributed by atoms with Gasteiger partial charge in [0.05, 0.1) is 5.69 Å². The molecule has 1 fully saturated rings. The van der Waals surface area contributed by atoms with E-state index in [1.165, 1.54) is 0 Å². The minimum atomic E-state index is -5.26. The number of hydrogen-bond donors (Lipinski definition) is 3. The molecule has 2 aromatic rings. The monoisotopic (exact) mass is 464 g/mol. The Morgan fingerprint density at radius 3 is 2.33 bits per heavy atom. The van der Waals surface area contributed by atoms with Crippen molar-refractivity contribution in [2.24, 2.45) is 0 Å². The largest absolute Gasteiger partial charge is 0.434 e. The van der Waals surface area contributed by atoms with Crippen LogP contribution in [0.25, 0.3) is 11.5 Å². The summed E-state index contributed by atoms with van der Waals surface area (Å²) in [5.74, 6) is -3.44. The van der Waals surface area contributed by atoms with Crippen molar-refractivity contribution in [1.29, 1.82) is 0 Å². The van der Waals surface area contributed by atoms with E-state index in [4.69, 9.17) is 0 Å². The molecule has 1 saturated heterocycles. The van der Waals surface area contributed by atoms with Gasteiger partial charge in [-0.05, 0) is 38.1 Å². The number of hydrogen-bond acceptors (Lipinski definition) is 5. The first-order valence-corrected chi connectivity index (χ1v) is 8.42. The van der Waals surface area contributed by atoms with Crippen LogP contribution < -0.4 is 16.4 Å². The van der Waals surface area contributed by atoms with Crippen LogP contribution in [0.2, 0.25) is 0 Å². The lowest BCUT2D eigenvalue weighted by Gasteiger charge is -2.38.